The molecule has 1 atom stereocenters. The highest BCUT2D eigenvalue weighted by Crippen LogP contribution is 2.34. The van der Waals surface area contributed by atoms with Crippen LogP contribution in [0.2, 0.25) is 0 Å². The van der Waals surface area contributed by atoms with Gasteiger partial charge in [-0.2, -0.15) is 0 Å². The quantitative estimate of drug-likeness (QED) is 0.776. The number of thiophene rings is 1. The van der Waals surface area contributed by atoms with E-state index in [1.807, 2.05) is 17.5 Å². The molecule has 2 aromatic rings. The molecule has 88 valence electrons. The Balaban J connectivity index is 1.89. The molecule has 0 spiro atoms. The molecule has 0 aliphatic carbocycles. The first-order chi connectivity index (χ1) is 8.33. The fraction of sp³-hybridized carbons (Fsp3) is 0.231. The molecule has 2 heterocycles. The van der Waals surface area contributed by atoms with Crippen molar-refractivity contribution >= 4 is 11.3 Å². The lowest BCUT2D eigenvalue weighted by Gasteiger charge is -2.09. The third-order valence-corrected chi connectivity index (χ3v) is 3.46. The second-order valence-electron chi connectivity index (χ2n) is 3.88. The average Bonchev–Trinajstić information content (AvgIpc) is 3.00. The van der Waals surface area contributed by atoms with Crippen LogP contribution >= 0.6 is 11.3 Å². The van der Waals surface area contributed by atoms with E-state index in [-0.39, 0.29) is 11.9 Å². The van der Waals surface area contributed by atoms with Crippen LogP contribution in [-0.4, -0.2) is 19.3 Å². The Kier molecular flexibility index (Phi) is 2.82. The molecule has 1 saturated heterocycles. The molecule has 2 nitrogen and oxygen atoms in total. The molecule has 0 unspecified atom stereocenters. The molecule has 0 amide bonds. The number of benzene rings is 1. The van der Waals surface area contributed by atoms with Gasteiger partial charge in [0.15, 0.2) is 0 Å². The van der Waals surface area contributed by atoms with Gasteiger partial charge >= 0.3 is 0 Å². The van der Waals surface area contributed by atoms with Crippen molar-refractivity contribution in [3.05, 3.63) is 41.5 Å². The Bertz CT molecular complexity index is 506. The van der Waals surface area contributed by atoms with Crippen molar-refractivity contribution in [3.8, 4) is 16.2 Å². The van der Waals surface area contributed by atoms with Gasteiger partial charge in [-0.3, -0.25) is 0 Å². The molecule has 1 aromatic heterocycles. The summed E-state index contributed by atoms with van der Waals surface area (Å²) in [6.45, 7) is 1.23. The molecule has 0 N–H and O–H groups in total. The highest BCUT2D eigenvalue weighted by molar-refractivity contribution is 7.13. The molecule has 4 heteroatoms. The molecule has 1 aromatic carbocycles. The highest BCUT2D eigenvalue weighted by atomic mass is 32.1. The van der Waals surface area contributed by atoms with Gasteiger partial charge in [-0.1, -0.05) is 6.07 Å². The summed E-state index contributed by atoms with van der Waals surface area (Å²) in [6, 6.07) is 8.60. The maximum atomic E-state index is 13.2. The maximum Gasteiger partial charge on any atom is 0.130 e. The Labute approximate surface area is 103 Å². The summed E-state index contributed by atoms with van der Waals surface area (Å²) in [6.07, 6.45) is 0.175. The summed E-state index contributed by atoms with van der Waals surface area (Å²) < 4.78 is 23.9. The number of ether oxygens (including phenoxy) is 2. The van der Waals surface area contributed by atoms with Crippen LogP contribution in [0, 0.1) is 5.82 Å². The van der Waals surface area contributed by atoms with E-state index in [0.717, 1.165) is 17.0 Å². The van der Waals surface area contributed by atoms with Crippen molar-refractivity contribution in [2.24, 2.45) is 0 Å². The van der Waals surface area contributed by atoms with E-state index < -0.39 is 0 Å². The standard InChI is InChI=1S/C13H11FO2S/c14-9-3-4-11(13-2-1-5-17-13)12(6-9)16-8-10-7-15-10/h1-6,10H,7-8H2/t10-/m0/s1. The molecule has 0 radical (unpaired) electrons. The highest BCUT2D eigenvalue weighted by Gasteiger charge is 2.23. The smallest absolute Gasteiger partial charge is 0.130 e. The minimum atomic E-state index is -0.281. The monoisotopic (exact) mass is 250 g/mol. The van der Waals surface area contributed by atoms with Crippen LogP contribution in [0.15, 0.2) is 35.7 Å². The Morgan fingerprint density at radius 2 is 2.29 bits per heavy atom. The van der Waals surface area contributed by atoms with Gasteiger partial charge in [0.2, 0.25) is 0 Å². The van der Waals surface area contributed by atoms with Crippen LogP contribution in [0.4, 0.5) is 4.39 Å². The van der Waals surface area contributed by atoms with Gasteiger partial charge in [0.25, 0.3) is 0 Å². The Morgan fingerprint density at radius 3 is 3.00 bits per heavy atom. The minimum Gasteiger partial charge on any atom is -0.490 e. The predicted octanol–water partition coefficient (Wildman–Crippen LogP) is 3.33. The molecule has 0 bridgehead atoms. The zero-order valence-electron chi connectivity index (χ0n) is 9.06. The summed E-state index contributed by atoms with van der Waals surface area (Å²) in [7, 11) is 0. The number of rotatable bonds is 4. The molecule has 0 saturated carbocycles. The molecule has 1 fully saturated rings. The normalized spacial score (nSPS) is 18.1. The summed E-state index contributed by atoms with van der Waals surface area (Å²) >= 11 is 1.61. The fourth-order valence-corrected chi connectivity index (χ4v) is 2.35. The van der Waals surface area contributed by atoms with Crippen LogP contribution < -0.4 is 4.74 Å². The molecule has 17 heavy (non-hydrogen) atoms. The van der Waals surface area contributed by atoms with E-state index in [1.165, 1.54) is 12.1 Å². The van der Waals surface area contributed by atoms with Crippen LogP contribution in [0.5, 0.6) is 5.75 Å². The van der Waals surface area contributed by atoms with Gasteiger partial charge < -0.3 is 9.47 Å². The van der Waals surface area contributed by atoms with Crippen LogP contribution in [0.1, 0.15) is 0 Å². The van der Waals surface area contributed by atoms with Gasteiger partial charge in [-0.05, 0) is 23.6 Å². The van der Waals surface area contributed by atoms with Gasteiger partial charge in [-0.25, -0.2) is 4.39 Å². The number of epoxide rings is 1. The maximum absolute atomic E-state index is 13.2. The van der Waals surface area contributed by atoms with Crippen molar-refractivity contribution in [2.75, 3.05) is 13.2 Å². The van der Waals surface area contributed by atoms with Crippen molar-refractivity contribution in [1.29, 1.82) is 0 Å². The average molecular weight is 250 g/mol. The third-order valence-electron chi connectivity index (χ3n) is 2.56. The number of halogens is 1. The van der Waals surface area contributed by atoms with E-state index in [0.29, 0.717) is 12.4 Å². The lowest BCUT2D eigenvalue weighted by atomic mass is 10.1. The van der Waals surface area contributed by atoms with Gasteiger partial charge in [0.05, 0.1) is 6.61 Å². The van der Waals surface area contributed by atoms with Crippen molar-refractivity contribution in [3.63, 3.8) is 0 Å². The first kappa shape index (κ1) is 10.7. The van der Waals surface area contributed by atoms with Gasteiger partial charge in [-0.15, -0.1) is 11.3 Å². The predicted molar refractivity (Wildman–Crippen MR) is 64.9 cm³/mol. The molecule has 1 aliphatic rings. The van der Waals surface area contributed by atoms with Gasteiger partial charge in [0, 0.05) is 16.5 Å². The lowest BCUT2D eigenvalue weighted by Crippen LogP contribution is -2.05. The first-order valence-corrected chi connectivity index (χ1v) is 6.29. The topological polar surface area (TPSA) is 21.8 Å². The Morgan fingerprint density at radius 1 is 1.41 bits per heavy atom. The third kappa shape index (κ3) is 2.48. The van der Waals surface area contributed by atoms with Crippen LogP contribution in [-0.2, 0) is 4.74 Å². The Hall–Kier alpha value is -1.39. The second kappa shape index (κ2) is 4.47. The van der Waals surface area contributed by atoms with Gasteiger partial charge in [0.1, 0.15) is 24.3 Å². The zero-order valence-corrected chi connectivity index (χ0v) is 9.87. The minimum absolute atomic E-state index is 0.175. The van der Waals surface area contributed by atoms with Crippen molar-refractivity contribution < 1.29 is 13.9 Å². The van der Waals surface area contributed by atoms with Crippen molar-refractivity contribution in [1.82, 2.24) is 0 Å². The first-order valence-electron chi connectivity index (χ1n) is 5.41. The summed E-state index contributed by atoms with van der Waals surface area (Å²) in [5, 5.41) is 1.99. The van der Waals surface area contributed by atoms with E-state index in [4.69, 9.17) is 9.47 Å². The van der Waals surface area contributed by atoms with E-state index in [1.54, 1.807) is 17.4 Å². The summed E-state index contributed by atoms with van der Waals surface area (Å²) in [4.78, 5) is 1.08. The fourth-order valence-electron chi connectivity index (χ4n) is 1.60. The van der Waals surface area contributed by atoms with Crippen molar-refractivity contribution in [2.45, 2.75) is 6.10 Å². The SMILES string of the molecule is Fc1ccc(-c2cccs2)c(OC[C@@H]2CO2)c1. The molecular weight excluding hydrogens is 239 g/mol. The number of hydrogen-bond donors (Lipinski definition) is 0. The van der Waals surface area contributed by atoms with Crippen LogP contribution in [0.25, 0.3) is 10.4 Å². The summed E-state index contributed by atoms with van der Waals surface area (Å²) in [5.74, 6) is 0.306. The van der Waals surface area contributed by atoms with E-state index in [2.05, 4.69) is 0 Å². The van der Waals surface area contributed by atoms with Crippen LogP contribution in [0.3, 0.4) is 0 Å². The number of hydrogen-bond acceptors (Lipinski definition) is 3. The second-order valence-corrected chi connectivity index (χ2v) is 4.83. The van der Waals surface area contributed by atoms with E-state index >= 15 is 0 Å². The summed E-state index contributed by atoms with van der Waals surface area (Å²) in [5.41, 5.74) is 0.932. The molecule has 1 aliphatic heterocycles. The largest absolute Gasteiger partial charge is 0.490 e. The molecule has 3 rings (SSSR count). The molecular formula is C13H11FO2S. The lowest BCUT2D eigenvalue weighted by molar-refractivity contribution is 0.263. The zero-order chi connectivity index (χ0) is 11.7. The van der Waals surface area contributed by atoms with E-state index in [9.17, 15) is 4.39 Å².